The van der Waals surface area contributed by atoms with Gasteiger partial charge in [0.2, 0.25) is 5.91 Å². The summed E-state index contributed by atoms with van der Waals surface area (Å²) in [6.07, 6.45) is 0.732. The first kappa shape index (κ1) is 20.1. The van der Waals surface area contributed by atoms with Crippen molar-refractivity contribution in [1.82, 2.24) is 5.32 Å². The molecule has 0 atom stereocenters. The van der Waals surface area contributed by atoms with Crippen LogP contribution in [-0.4, -0.2) is 50.0 Å². The Morgan fingerprint density at radius 3 is 2.76 bits per heavy atom. The maximum atomic E-state index is 12.3. The number of rotatable bonds is 8. The lowest BCUT2D eigenvalue weighted by Crippen LogP contribution is -2.45. The third-order valence-electron chi connectivity index (χ3n) is 4.59. The molecule has 1 heterocycles. The van der Waals surface area contributed by atoms with Gasteiger partial charge in [-0.1, -0.05) is 18.2 Å². The summed E-state index contributed by atoms with van der Waals surface area (Å²) < 4.78 is 5.30. The lowest BCUT2D eigenvalue weighted by molar-refractivity contribution is -0.384. The Morgan fingerprint density at radius 1 is 1.28 bits per heavy atom. The Hall–Kier alpha value is -3.62. The molecular formula is C20H22N4O5. The summed E-state index contributed by atoms with van der Waals surface area (Å²) in [6, 6.07) is 13.9. The second-order valence-electron chi connectivity index (χ2n) is 6.64. The van der Waals surface area contributed by atoms with Crippen LogP contribution in [0.3, 0.4) is 0 Å². The van der Waals surface area contributed by atoms with Gasteiger partial charge in [-0.25, -0.2) is 0 Å². The number of nitro benzene ring substituents is 1. The van der Waals surface area contributed by atoms with Crippen LogP contribution in [0.25, 0.3) is 0 Å². The van der Waals surface area contributed by atoms with Gasteiger partial charge >= 0.3 is 0 Å². The van der Waals surface area contributed by atoms with E-state index in [-0.39, 0.29) is 30.4 Å². The minimum atomic E-state index is -0.555. The highest BCUT2D eigenvalue weighted by atomic mass is 16.6. The number of carbonyl (C=O) groups excluding carboxylic acids is 2. The summed E-state index contributed by atoms with van der Waals surface area (Å²) in [7, 11) is 1.98. The van der Waals surface area contributed by atoms with Crippen molar-refractivity contribution in [2.75, 3.05) is 43.1 Å². The largest absolute Gasteiger partial charge is 0.482 e. The Kier molecular flexibility index (Phi) is 6.28. The second-order valence-corrected chi connectivity index (χ2v) is 6.64. The van der Waals surface area contributed by atoms with Crippen LogP contribution in [0.15, 0.2) is 48.5 Å². The molecule has 3 rings (SSSR count). The molecular weight excluding hydrogens is 376 g/mol. The van der Waals surface area contributed by atoms with Gasteiger partial charge in [0.25, 0.3) is 11.6 Å². The van der Waals surface area contributed by atoms with E-state index >= 15 is 0 Å². The highest BCUT2D eigenvalue weighted by Crippen LogP contribution is 2.35. The molecule has 0 unspecified atom stereocenters. The van der Waals surface area contributed by atoms with E-state index < -0.39 is 10.8 Å². The molecule has 1 aliphatic rings. The first-order valence-corrected chi connectivity index (χ1v) is 9.20. The monoisotopic (exact) mass is 398 g/mol. The summed E-state index contributed by atoms with van der Waals surface area (Å²) in [5.41, 5.74) is 1.15. The molecule has 0 saturated carbocycles. The molecule has 0 aromatic heterocycles. The van der Waals surface area contributed by atoms with Crippen LogP contribution in [-0.2, 0) is 9.59 Å². The van der Waals surface area contributed by atoms with Crippen molar-refractivity contribution >= 4 is 28.9 Å². The van der Waals surface area contributed by atoms with Gasteiger partial charge in [0.1, 0.15) is 12.3 Å². The number of hydrogen-bond donors (Lipinski definition) is 1. The zero-order valence-corrected chi connectivity index (χ0v) is 16.0. The minimum Gasteiger partial charge on any atom is -0.482 e. The Morgan fingerprint density at radius 2 is 2.03 bits per heavy atom. The molecule has 29 heavy (non-hydrogen) atoms. The lowest BCUT2D eigenvalue weighted by Gasteiger charge is -2.28. The van der Waals surface area contributed by atoms with Gasteiger partial charge in [-0.2, -0.15) is 0 Å². The number of amides is 2. The zero-order chi connectivity index (χ0) is 20.8. The summed E-state index contributed by atoms with van der Waals surface area (Å²) in [5, 5.41) is 13.8. The summed E-state index contributed by atoms with van der Waals surface area (Å²) >= 11 is 0. The predicted molar refractivity (Wildman–Crippen MR) is 108 cm³/mol. The van der Waals surface area contributed by atoms with Crippen LogP contribution in [0.5, 0.6) is 5.75 Å². The van der Waals surface area contributed by atoms with Crippen LogP contribution in [0.4, 0.5) is 17.1 Å². The highest BCUT2D eigenvalue weighted by Gasteiger charge is 2.29. The number of non-ortho nitro benzene ring substituents is 1. The molecule has 0 fully saturated rings. The van der Waals surface area contributed by atoms with Crippen molar-refractivity contribution in [2.45, 2.75) is 6.42 Å². The molecule has 1 N–H and O–H groups in total. The van der Waals surface area contributed by atoms with Crippen LogP contribution >= 0.6 is 0 Å². The predicted octanol–water partition coefficient (Wildman–Crippen LogP) is 1.96. The fraction of sp³-hybridized carbons (Fsp3) is 0.300. The normalized spacial score (nSPS) is 12.7. The molecule has 9 heteroatoms. The van der Waals surface area contributed by atoms with Crippen LogP contribution < -0.4 is 19.9 Å². The Labute approximate surface area is 168 Å². The van der Waals surface area contributed by atoms with E-state index in [1.807, 2.05) is 37.4 Å². The molecule has 1 aliphatic heterocycles. The van der Waals surface area contributed by atoms with E-state index in [4.69, 9.17) is 4.74 Å². The number of anilines is 2. The van der Waals surface area contributed by atoms with Crippen molar-refractivity contribution < 1.29 is 19.2 Å². The Bertz CT molecular complexity index is 903. The molecule has 2 amide bonds. The summed E-state index contributed by atoms with van der Waals surface area (Å²) in [5.74, 6) is -0.412. The third kappa shape index (κ3) is 5.01. The summed E-state index contributed by atoms with van der Waals surface area (Å²) in [6.45, 7) is 0.789. The fourth-order valence-electron chi connectivity index (χ4n) is 3.03. The average molecular weight is 398 g/mol. The van der Waals surface area contributed by atoms with E-state index in [0.29, 0.717) is 12.3 Å². The van der Waals surface area contributed by atoms with Gasteiger partial charge in [-0.3, -0.25) is 24.6 Å². The van der Waals surface area contributed by atoms with E-state index in [1.165, 1.54) is 23.1 Å². The smallest absolute Gasteiger partial charge is 0.271 e. The first-order valence-electron chi connectivity index (χ1n) is 9.20. The number of hydrogen-bond acceptors (Lipinski definition) is 6. The Balaban J connectivity index is 1.53. The van der Waals surface area contributed by atoms with Crippen molar-refractivity contribution in [3.63, 3.8) is 0 Å². The number of nitrogens with zero attached hydrogens (tertiary/aromatic N) is 3. The molecule has 2 aromatic rings. The number of nitrogens with one attached hydrogen (secondary N) is 1. The van der Waals surface area contributed by atoms with Gasteiger partial charge in [0.05, 0.1) is 10.6 Å². The number of benzene rings is 2. The van der Waals surface area contributed by atoms with Crippen molar-refractivity contribution in [2.24, 2.45) is 0 Å². The standard InChI is InChI=1S/C20H22N4O5/c1-22(15-6-3-2-4-7-15)11-5-10-21-19(25)13-23-17-12-16(24(27)28)8-9-18(17)29-14-20(23)26/h2-4,6-9,12H,5,10-11,13-14H2,1H3,(H,21,25). The van der Waals surface area contributed by atoms with E-state index in [2.05, 4.69) is 10.2 Å². The van der Waals surface area contributed by atoms with Crippen LogP contribution in [0.2, 0.25) is 0 Å². The average Bonchev–Trinajstić information content (AvgIpc) is 2.73. The topological polar surface area (TPSA) is 105 Å². The molecule has 0 radical (unpaired) electrons. The molecule has 9 nitrogen and oxygen atoms in total. The van der Waals surface area contributed by atoms with Gasteiger partial charge in [-0.05, 0) is 24.6 Å². The number of para-hydroxylation sites is 1. The van der Waals surface area contributed by atoms with Crippen molar-refractivity contribution in [3.05, 3.63) is 58.6 Å². The fourth-order valence-corrected chi connectivity index (χ4v) is 3.03. The number of fused-ring (bicyclic) bond motifs is 1. The van der Waals surface area contributed by atoms with Gasteiger partial charge in [-0.15, -0.1) is 0 Å². The molecule has 0 spiro atoms. The number of nitro groups is 1. The highest BCUT2D eigenvalue weighted by molar-refractivity contribution is 6.02. The number of ether oxygens (including phenoxy) is 1. The maximum Gasteiger partial charge on any atom is 0.271 e. The molecule has 2 aromatic carbocycles. The maximum absolute atomic E-state index is 12.3. The zero-order valence-electron chi connectivity index (χ0n) is 16.0. The van der Waals surface area contributed by atoms with Gasteiger partial charge < -0.3 is 15.0 Å². The first-order chi connectivity index (χ1) is 14.0. The molecule has 152 valence electrons. The minimum absolute atomic E-state index is 0.170. The van der Waals surface area contributed by atoms with Crippen LogP contribution in [0, 0.1) is 10.1 Å². The molecule has 0 bridgehead atoms. The third-order valence-corrected chi connectivity index (χ3v) is 4.59. The van der Waals surface area contributed by atoms with E-state index in [1.54, 1.807) is 0 Å². The molecule has 0 saturated heterocycles. The van der Waals surface area contributed by atoms with E-state index in [0.717, 1.165) is 18.7 Å². The second kappa shape index (κ2) is 9.05. The van der Waals surface area contributed by atoms with Crippen molar-refractivity contribution in [1.29, 1.82) is 0 Å². The number of carbonyl (C=O) groups is 2. The van der Waals surface area contributed by atoms with Gasteiger partial charge in [0.15, 0.2) is 6.61 Å². The summed E-state index contributed by atoms with van der Waals surface area (Å²) in [4.78, 5) is 38.3. The SMILES string of the molecule is CN(CCCNC(=O)CN1C(=O)COc2ccc([N+](=O)[O-])cc21)c1ccccc1. The van der Waals surface area contributed by atoms with Gasteiger partial charge in [0, 0.05) is 38.0 Å². The lowest BCUT2D eigenvalue weighted by atomic mass is 10.2. The van der Waals surface area contributed by atoms with Crippen molar-refractivity contribution in [3.8, 4) is 5.75 Å². The van der Waals surface area contributed by atoms with E-state index in [9.17, 15) is 19.7 Å². The molecule has 0 aliphatic carbocycles. The van der Waals surface area contributed by atoms with Crippen LogP contribution in [0.1, 0.15) is 6.42 Å². The quantitative estimate of drug-likeness (QED) is 0.414.